The summed E-state index contributed by atoms with van der Waals surface area (Å²) in [6.07, 6.45) is 9.50. The van der Waals surface area contributed by atoms with E-state index >= 15 is 0 Å². The molecule has 0 amide bonds. The standard InChI is InChI=1S/C21H26N4OS/c1-14-7-9-18(15(2)11-14)20-22-17(12-26-20)13-27-21-23-19(24-25-21)10-8-16-5-3-4-6-16/h7,9,11-12,16H,3-6,8,10,13H2,1-2H3,(H,23,24,25). The zero-order valence-corrected chi connectivity index (χ0v) is 16.8. The van der Waals surface area contributed by atoms with E-state index in [1.807, 2.05) is 0 Å². The Bertz CT molecular complexity index is 895. The summed E-state index contributed by atoms with van der Waals surface area (Å²) in [4.78, 5) is 9.24. The number of nitrogens with zero attached hydrogens (tertiary/aromatic N) is 3. The fourth-order valence-electron chi connectivity index (χ4n) is 3.78. The van der Waals surface area contributed by atoms with E-state index in [1.54, 1.807) is 18.0 Å². The van der Waals surface area contributed by atoms with Gasteiger partial charge in [-0.25, -0.2) is 9.97 Å². The van der Waals surface area contributed by atoms with Crippen molar-refractivity contribution in [3.05, 3.63) is 47.1 Å². The third-order valence-corrected chi connectivity index (χ3v) is 6.17. The third-order valence-electron chi connectivity index (χ3n) is 5.29. The topological polar surface area (TPSA) is 67.6 Å². The summed E-state index contributed by atoms with van der Waals surface area (Å²) in [6, 6.07) is 6.30. The van der Waals surface area contributed by atoms with E-state index < -0.39 is 0 Å². The molecule has 0 spiro atoms. The number of hydrogen-bond acceptors (Lipinski definition) is 5. The van der Waals surface area contributed by atoms with Crippen molar-refractivity contribution in [2.24, 2.45) is 5.92 Å². The smallest absolute Gasteiger partial charge is 0.226 e. The van der Waals surface area contributed by atoms with E-state index in [9.17, 15) is 0 Å². The number of rotatable bonds is 7. The number of hydrogen-bond donors (Lipinski definition) is 1. The minimum absolute atomic E-state index is 0.676. The molecule has 0 aliphatic heterocycles. The van der Waals surface area contributed by atoms with Crippen molar-refractivity contribution in [3.8, 4) is 11.5 Å². The Hall–Kier alpha value is -2.08. The third kappa shape index (κ3) is 4.61. The number of aromatic amines is 1. The highest BCUT2D eigenvalue weighted by molar-refractivity contribution is 7.98. The van der Waals surface area contributed by atoms with Crippen LogP contribution in [0.15, 0.2) is 34.0 Å². The van der Waals surface area contributed by atoms with Gasteiger partial charge in [0.15, 0.2) is 0 Å². The second kappa shape index (κ2) is 8.30. The van der Waals surface area contributed by atoms with Crippen LogP contribution in [0.3, 0.4) is 0 Å². The van der Waals surface area contributed by atoms with Gasteiger partial charge >= 0.3 is 0 Å². The van der Waals surface area contributed by atoms with Crippen LogP contribution in [0, 0.1) is 19.8 Å². The zero-order chi connectivity index (χ0) is 18.6. The highest BCUT2D eigenvalue weighted by atomic mass is 32.2. The highest BCUT2D eigenvalue weighted by Crippen LogP contribution is 2.29. The predicted molar refractivity (Wildman–Crippen MR) is 108 cm³/mol. The van der Waals surface area contributed by atoms with Crippen molar-refractivity contribution >= 4 is 11.8 Å². The van der Waals surface area contributed by atoms with Crippen LogP contribution in [-0.2, 0) is 12.2 Å². The molecule has 1 aliphatic carbocycles. The maximum Gasteiger partial charge on any atom is 0.226 e. The van der Waals surface area contributed by atoms with Crippen molar-refractivity contribution in [1.29, 1.82) is 0 Å². The van der Waals surface area contributed by atoms with Gasteiger partial charge in [0.25, 0.3) is 0 Å². The molecule has 2 heterocycles. The van der Waals surface area contributed by atoms with Gasteiger partial charge in [-0.05, 0) is 37.8 Å². The molecular weight excluding hydrogens is 356 g/mol. The van der Waals surface area contributed by atoms with Crippen LogP contribution in [0.2, 0.25) is 0 Å². The van der Waals surface area contributed by atoms with Crippen molar-refractivity contribution in [3.63, 3.8) is 0 Å². The molecule has 6 heteroatoms. The molecule has 5 nitrogen and oxygen atoms in total. The molecule has 0 bridgehead atoms. The molecule has 0 unspecified atom stereocenters. The van der Waals surface area contributed by atoms with E-state index in [0.717, 1.165) is 34.6 Å². The van der Waals surface area contributed by atoms with Gasteiger partial charge in [0.1, 0.15) is 12.1 Å². The summed E-state index contributed by atoms with van der Waals surface area (Å²) in [7, 11) is 0. The van der Waals surface area contributed by atoms with Crippen molar-refractivity contribution < 1.29 is 4.42 Å². The van der Waals surface area contributed by atoms with Gasteiger partial charge in [-0.1, -0.05) is 55.1 Å². The number of nitrogens with one attached hydrogen (secondary N) is 1. The fraction of sp³-hybridized carbons (Fsp3) is 0.476. The minimum atomic E-state index is 0.676. The Morgan fingerprint density at radius 2 is 2.04 bits per heavy atom. The maximum atomic E-state index is 5.69. The van der Waals surface area contributed by atoms with E-state index in [1.165, 1.54) is 43.2 Å². The summed E-state index contributed by atoms with van der Waals surface area (Å²) < 4.78 is 5.69. The summed E-state index contributed by atoms with van der Waals surface area (Å²) in [6.45, 7) is 4.18. The van der Waals surface area contributed by atoms with Crippen LogP contribution in [0.1, 0.15) is 54.7 Å². The molecule has 4 rings (SSSR count). The minimum Gasteiger partial charge on any atom is -0.444 e. The molecule has 2 aromatic heterocycles. The lowest BCUT2D eigenvalue weighted by Gasteiger charge is -2.05. The second-order valence-electron chi connectivity index (χ2n) is 7.50. The van der Waals surface area contributed by atoms with Gasteiger partial charge in [-0.2, -0.15) is 0 Å². The Labute approximate surface area is 164 Å². The Balaban J connectivity index is 1.32. The Kier molecular flexibility index (Phi) is 5.62. The molecule has 1 aliphatic rings. The van der Waals surface area contributed by atoms with Crippen LogP contribution < -0.4 is 0 Å². The van der Waals surface area contributed by atoms with Gasteiger partial charge in [-0.3, -0.25) is 5.10 Å². The molecule has 3 aromatic rings. The molecule has 142 valence electrons. The largest absolute Gasteiger partial charge is 0.444 e. The van der Waals surface area contributed by atoms with Gasteiger partial charge in [0, 0.05) is 17.7 Å². The Morgan fingerprint density at radius 3 is 2.85 bits per heavy atom. The van der Waals surface area contributed by atoms with Crippen LogP contribution in [0.5, 0.6) is 0 Å². The average molecular weight is 383 g/mol. The normalized spacial score (nSPS) is 14.9. The predicted octanol–water partition coefficient (Wildman–Crippen LogP) is 5.49. The van der Waals surface area contributed by atoms with Crippen LogP contribution in [0.25, 0.3) is 11.5 Å². The molecule has 27 heavy (non-hydrogen) atoms. The van der Waals surface area contributed by atoms with Gasteiger partial charge in [0.2, 0.25) is 11.0 Å². The number of aromatic nitrogens is 4. The number of aryl methyl sites for hydroxylation is 3. The van der Waals surface area contributed by atoms with Crippen molar-refractivity contribution in [2.75, 3.05) is 0 Å². The lowest BCUT2D eigenvalue weighted by atomic mass is 10.0. The molecule has 1 N–H and O–H groups in total. The monoisotopic (exact) mass is 382 g/mol. The molecule has 1 aromatic carbocycles. The first-order valence-electron chi connectivity index (χ1n) is 9.73. The molecule has 0 atom stereocenters. The van der Waals surface area contributed by atoms with E-state index in [0.29, 0.717) is 11.6 Å². The molecule has 0 radical (unpaired) electrons. The van der Waals surface area contributed by atoms with E-state index in [-0.39, 0.29) is 0 Å². The number of oxazole rings is 1. The van der Waals surface area contributed by atoms with Gasteiger partial charge in [0.05, 0.1) is 5.69 Å². The lowest BCUT2D eigenvalue weighted by Crippen LogP contribution is -1.97. The van der Waals surface area contributed by atoms with Crippen LogP contribution in [0.4, 0.5) is 0 Å². The van der Waals surface area contributed by atoms with Crippen LogP contribution in [-0.4, -0.2) is 20.2 Å². The summed E-state index contributed by atoms with van der Waals surface area (Å²) in [5.41, 5.74) is 4.38. The summed E-state index contributed by atoms with van der Waals surface area (Å²) >= 11 is 1.59. The second-order valence-corrected chi connectivity index (χ2v) is 8.45. The average Bonchev–Trinajstić information content (AvgIpc) is 3.40. The fourth-order valence-corrected chi connectivity index (χ4v) is 4.48. The van der Waals surface area contributed by atoms with Gasteiger partial charge in [-0.15, -0.1) is 5.10 Å². The maximum absolute atomic E-state index is 5.69. The first-order valence-corrected chi connectivity index (χ1v) is 10.7. The van der Waals surface area contributed by atoms with Crippen LogP contribution >= 0.6 is 11.8 Å². The SMILES string of the molecule is Cc1ccc(-c2nc(CSc3n[nH]c(CCC4CCCC4)n3)co2)c(C)c1. The molecule has 1 fully saturated rings. The quantitative estimate of drug-likeness (QED) is 0.547. The molecular formula is C21H26N4OS. The highest BCUT2D eigenvalue weighted by Gasteiger charge is 2.16. The number of thioether (sulfide) groups is 1. The zero-order valence-electron chi connectivity index (χ0n) is 16.0. The lowest BCUT2D eigenvalue weighted by molar-refractivity contribution is 0.497. The van der Waals surface area contributed by atoms with E-state index in [4.69, 9.17) is 4.42 Å². The number of benzene rings is 1. The van der Waals surface area contributed by atoms with Crippen molar-refractivity contribution in [1.82, 2.24) is 20.2 Å². The van der Waals surface area contributed by atoms with Gasteiger partial charge < -0.3 is 4.42 Å². The number of H-pyrrole nitrogens is 1. The summed E-state index contributed by atoms with van der Waals surface area (Å²) in [5, 5.41) is 8.20. The van der Waals surface area contributed by atoms with E-state index in [2.05, 4.69) is 52.2 Å². The first-order chi connectivity index (χ1) is 13.2. The van der Waals surface area contributed by atoms with Crippen molar-refractivity contribution in [2.45, 2.75) is 63.3 Å². The summed E-state index contributed by atoms with van der Waals surface area (Å²) in [5.74, 6) is 3.26. The first kappa shape index (κ1) is 18.3. The molecule has 1 saturated carbocycles. The molecule has 0 saturated heterocycles. The Morgan fingerprint density at radius 1 is 1.19 bits per heavy atom.